The largest absolute Gasteiger partial charge is 0.368 e. The first kappa shape index (κ1) is 22.1. The molecule has 0 spiro atoms. The van der Waals surface area contributed by atoms with Crippen LogP contribution in [0.4, 0.5) is 0 Å². The molecule has 0 fully saturated rings. The van der Waals surface area contributed by atoms with Crippen LogP contribution >= 0.6 is 0 Å². The first-order valence-corrected chi connectivity index (χ1v) is 9.76. The smallest absolute Gasteiger partial charge is 0.243 e. The van der Waals surface area contributed by atoms with Crippen LogP contribution in [0.1, 0.15) is 44.2 Å². The lowest BCUT2D eigenvalue weighted by atomic mass is 9.84. The molecule has 0 aliphatic rings. The lowest BCUT2D eigenvalue weighted by molar-refractivity contribution is -0.131. The van der Waals surface area contributed by atoms with E-state index < -0.39 is 29.8 Å². The van der Waals surface area contributed by atoms with Crippen LogP contribution in [-0.4, -0.2) is 29.8 Å². The minimum atomic E-state index is -0.962. The highest BCUT2D eigenvalue weighted by Gasteiger charge is 2.33. The Kier molecular flexibility index (Phi) is 7.95. The van der Waals surface area contributed by atoms with Gasteiger partial charge in [-0.15, -0.1) is 0 Å². The van der Waals surface area contributed by atoms with E-state index in [1.165, 1.54) is 6.92 Å². The number of hydrogen-bond acceptors (Lipinski definition) is 3. The van der Waals surface area contributed by atoms with Crippen molar-refractivity contribution in [1.29, 1.82) is 0 Å². The predicted molar refractivity (Wildman–Crippen MR) is 113 cm³/mol. The van der Waals surface area contributed by atoms with Crippen LogP contribution in [0.2, 0.25) is 0 Å². The summed E-state index contributed by atoms with van der Waals surface area (Å²) in [6.07, 6.45) is 0.457. The van der Waals surface area contributed by atoms with E-state index in [1.807, 2.05) is 74.5 Å². The van der Waals surface area contributed by atoms with E-state index in [0.717, 1.165) is 11.1 Å². The van der Waals surface area contributed by atoms with Gasteiger partial charge in [-0.05, 0) is 23.5 Å². The third-order valence-corrected chi connectivity index (χ3v) is 4.66. The number of amides is 3. The van der Waals surface area contributed by atoms with Crippen LogP contribution in [-0.2, 0) is 14.4 Å². The van der Waals surface area contributed by atoms with E-state index in [9.17, 15) is 14.4 Å². The van der Waals surface area contributed by atoms with Crippen LogP contribution in [0.25, 0.3) is 0 Å². The number of primary amides is 1. The number of hydrogen-bond donors (Lipinski definition) is 3. The molecule has 2 aromatic rings. The molecule has 0 saturated carbocycles. The summed E-state index contributed by atoms with van der Waals surface area (Å²) in [5, 5.41) is 5.47. The fourth-order valence-corrected chi connectivity index (χ4v) is 3.42. The highest BCUT2D eigenvalue weighted by Crippen LogP contribution is 2.28. The SMILES string of the molecule is CC(=O)N[C@@H](CC(C)C)C(=O)N[C@H](C(N)=O)C(c1ccccc1)c1ccccc1. The summed E-state index contributed by atoms with van der Waals surface area (Å²) in [5.74, 6) is -1.62. The zero-order chi connectivity index (χ0) is 21.4. The molecule has 0 saturated heterocycles. The number of nitrogens with one attached hydrogen (secondary N) is 2. The molecule has 6 nitrogen and oxygen atoms in total. The molecule has 2 aromatic carbocycles. The number of carbonyl (C=O) groups excluding carboxylic acids is 3. The van der Waals surface area contributed by atoms with Gasteiger partial charge in [-0.2, -0.15) is 0 Å². The maximum atomic E-state index is 13.0. The summed E-state index contributed by atoms with van der Waals surface area (Å²) in [7, 11) is 0. The van der Waals surface area contributed by atoms with Gasteiger partial charge < -0.3 is 16.4 Å². The number of nitrogens with two attached hydrogens (primary N) is 1. The molecule has 29 heavy (non-hydrogen) atoms. The fraction of sp³-hybridized carbons (Fsp3) is 0.348. The second-order valence-corrected chi connectivity index (χ2v) is 7.57. The Morgan fingerprint density at radius 1 is 0.862 bits per heavy atom. The van der Waals surface area contributed by atoms with E-state index in [4.69, 9.17) is 5.73 Å². The second kappa shape index (κ2) is 10.4. The van der Waals surface area contributed by atoms with Crippen molar-refractivity contribution in [1.82, 2.24) is 10.6 Å². The first-order chi connectivity index (χ1) is 13.8. The van der Waals surface area contributed by atoms with Crippen LogP contribution in [0.5, 0.6) is 0 Å². The highest BCUT2D eigenvalue weighted by molar-refractivity contribution is 5.92. The monoisotopic (exact) mass is 395 g/mol. The molecule has 0 aliphatic heterocycles. The molecule has 4 N–H and O–H groups in total. The second-order valence-electron chi connectivity index (χ2n) is 7.57. The molecule has 3 amide bonds. The van der Waals surface area contributed by atoms with Crippen molar-refractivity contribution in [3.63, 3.8) is 0 Å². The summed E-state index contributed by atoms with van der Waals surface area (Å²) < 4.78 is 0. The molecule has 0 bridgehead atoms. The van der Waals surface area contributed by atoms with E-state index in [-0.39, 0.29) is 11.8 Å². The van der Waals surface area contributed by atoms with Crippen molar-refractivity contribution >= 4 is 17.7 Å². The molecule has 2 atom stereocenters. The quantitative estimate of drug-likeness (QED) is 0.607. The summed E-state index contributed by atoms with van der Waals surface area (Å²) in [4.78, 5) is 36.9. The molecule has 2 rings (SSSR count). The van der Waals surface area contributed by atoms with Gasteiger partial charge in [-0.25, -0.2) is 0 Å². The lowest BCUT2D eigenvalue weighted by Gasteiger charge is -2.29. The van der Waals surface area contributed by atoms with Crippen LogP contribution < -0.4 is 16.4 Å². The van der Waals surface area contributed by atoms with Crippen molar-refractivity contribution < 1.29 is 14.4 Å². The van der Waals surface area contributed by atoms with E-state index in [1.54, 1.807) is 0 Å². The number of carbonyl (C=O) groups is 3. The summed E-state index contributed by atoms with van der Waals surface area (Å²) in [6, 6.07) is 17.2. The minimum absolute atomic E-state index is 0.184. The van der Waals surface area contributed by atoms with Crippen LogP contribution in [0, 0.1) is 5.92 Å². The molecular formula is C23H29N3O3. The number of rotatable bonds is 9. The topological polar surface area (TPSA) is 101 Å². The Morgan fingerprint density at radius 2 is 1.34 bits per heavy atom. The van der Waals surface area contributed by atoms with Crippen molar-refractivity contribution in [2.75, 3.05) is 0 Å². The maximum Gasteiger partial charge on any atom is 0.243 e. The van der Waals surface area contributed by atoms with Gasteiger partial charge in [-0.1, -0.05) is 74.5 Å². The van der Waals surface area contributed by atoms with Gasteiger partial charge in [0.05, 0.1) is 0 Å². The Balaban J connectivity index is 2.38. The molecule has 6 heteroatoms. The van der Waals surface area contributed by atoms with Gasteiger partial charge >= 0.3 is 0 Å². The van der Waals surface area contributed by atoms with E-state index in [2.05, 4.69) is 10.6 Å². The van der Waals surface area contributed by atoms with E-state index >= 15 is 0 Å². The minimum Gasteiger partial charge on any atom is -0.368 e. The lowest BCUT2D eigenvalue weighted by Crippen LogP contribution is -2.55. The number of benzene rings is 2. The molecule has 0 radical (unpaired) electrons. The first-order valence-electron chi connectivity index (χ1n) is 9.76. The van der Waals surface area contributed by atoms with Gasteiger partial charge in [0, 0.05) is 12.8 Å². The third-order valence-electron chi connectivity index (χ3n) is 4.66. The van der Waals surface area contributed by atoms with Gasteiger partial charge in [-0.3, -0.25) is 14.4 Å². The molecule has 154 valence electrons. The molecule has 0 unspecified atom stereocenters. The Hall–Kier alpha value is -3.15. The molecule has 0 aliphatic carbocycles. The Bertz CT molecular complexity index is 782. The van der Waals surface area contributed by atoms with Crippen molar-refractivity contribution in [3.05, 3.63) is 71.8 Å². The Morgan fingerprint density at radius 3 is 1.72 bits per heavy atom. The normalized spacial score (nSPS) is 13.0. The Labute approximate surface area is 171 Å². The maximum absolute atomic E-state index is 13.0. The van der Waals surface area contributed by atoms with Crippen molar-refractivity contribution in [3.8, 4) is 0 Å². The third kappa shape index (κ3) is 6.45. The zero-order valence-electron chi connectivity index (χ0n) is 17.1. The van der Waals surface area contributed by atoms with Crippen molar-refractivity contribution in [2.45, 2.75) is 45.2 Å². The molecule has 0 heterocycles. The van der Waals surface area contributed by atoms with Gasteiger partial charge in [0.25, 0.3) is 0 Å². The predicted octanol–water partition coefficient (Wildman–Crippen LogP) is 2.34. The highest BCUT2D eigenvalue weighted by atomic mass is 16.2. The summed E-state index contributed by atoms with van der Waals surface area (Å²) in [5.41, 5.74) is 7.45. The van der Waals surface area contributed by atoms with Crippen LogP contribution in [0.15, 0.2) is 60.7 Å². The standard InChI is InChI=1S/C23H29N3O3/c1-15(2)14-19(25-16(3)27)23(29)26-21(22(24)28)20(17-10-6-4-7-11-17)18-12-8-5-9-13-18/h4-13,15,19-21H,14H2,1-3H3,(H2,24,28)(H,25,27)(H,26,29)/t19-,21-/m0/s1. The van der Waals surface area contributed by atoms with Gasteiger partial charge in [0.1, 0.15) is 12.1 Å². The van der Waals surface area contributed by atoms with E-state index in [0.29, 0.717) is 6.42 Å². The zero-order valence-corrected chi connectivity index (χ0v) is 17.1. The average Bonchev–Trinajstić information content (AvgIpc) is 2.67. The average molecular weight is 396 g/mol. The molecule has 0 aromatic heterocycles. The fourth-order valence-electron chi connectivity index (χ4n) is 3.42. The van der Waals surface area contributed by atoms with Gasteiger partial charge in [0.2, 0.25) is 17.7 Å². The molecular weight excluding hydrogens is 366 g/mol. The van der Waals surface area contributed by atoms with Crippen LogP contribution in [0.3, 0.4) is 0 Å². The summed E-state index contributed by atoms with van der Waals surface area (Å²) in [6.45, 7) is 5.29. The van der Waals surface area contributed by atoms with Crippen molar-refractivity contribution in [2.24, 2.45) is 11.7 Å². The van der Waals surface area contributed by atoms with Gasteiger partial charge in [0.15, 0.2) is 0 Å². The summed E-state index contributed by atoms with van der Waals surface area (Å²) >= 11 is 0.